The first-order valence-electron chi connectivity index (χ1n) is 6.56. The Morgan fingerprint density at radius 3 is 2.76 bits per heavy atom. The maximum Gasteiger partial charge on any atom is 0.133 e. The van der Waals surface area contributed by atoms with Gasteiger partial charge in [0.15, 0.2) is 0 Å². The zero-order valence-electron chi connectivity index (χ0n) is 11.5. The first-order valence-corrected chi connectivity index (χ1v) is 7.35. The van der Waals surface area contributed by atoms with E-state index in [9.17, 15) is 5.11 Å². The molecule has 1 atom stereocenters. The molecule has 0 spiro atoms. The first kappa shape index (κ1) is 14.0. The molecule has 1 unspecified atom stereocenters. The second-order valence-corrected chi connectivity index (χ2v) is 5.57. The molecule has 0 bridgehead atoms. The second-order valence-electron chi connectivity index (χ2n) is 4.71. The standard InChI is InChI=1S/C17H14BrNO2/c1-21-16-8-7-11(10-14(16)18)17(20)13-4-2-6-15-12(13)5-3-9-19-15/h2-10,17,20H,1H3. The Bertz CT molecular complexity index is 783. The molecule has 0 saturated carbocycles. The summed E-state index contributed by atoms with van der Waals surface area (Å²) in [6.45, 7) is 0. The predicted molar refractivity (Wildman–Crippen MR) is 86.5 cm³/mol. The van der Waals surface area contributed by atoms with Crippen molar-refractivity contribution in [3.8, 4) is 5.75 Å². The largest absolute Gasteiger partial charge is 0.496 e. The number of aliphatic hydroxyl groups is 1. The zero-order chi connectivity index (χ0) is 14.8. The van der Waals surface area contributed by atoms with E-state index in [2.05, 4.69) is 20.9 Å². The molecule has 3 rings (SSSR count). The van der Waals surface area contributed by atoms with Crippen LogP contribution in [0, 0.1) is 0 Å². The number of hydrogen-bond acceptors (Lipinski definition) is 3. The maximum absolute atomic E-state index is 10.7. The van der Waals surface area contributed by atoms with Crippen LogP contribution in [-0.2, 0) is 0 Å². The van der Waals surface area contributed by atoms with Crippen molar-refractivity contribution in [3.05, 3.63) is 70.3 Å². The van der Waals surface area contributed by atoms with Gasteiger partial charge in [-0.15, -0.1) is 0 Å². The Balaban J connectivity index is 2.08. The van der Waals surface area contributed by atoms with Crippen molar-refractivity contribution in [2.24, 2.45) is 0 Å². The van der Waals surface area contributed by atoms with Gasteiger partial charge in [0.2, 0.25) is 0 Å². The van der Waals surface area contributed by atoms with Crippen LogP contribution in [0.5, 0.6) is 5.75 Å². The van der Waals surface area contributed by atoms with Crippen molar-refractivity contribution in [2.45, 2.75) is 6.10 Å². The smallest absolute Gasteiger partial charge is 0.133 e. The summed E-state index contributed by atoms with van der Waals surface area (Å²) in [6.07, 6.45) is 1.04. The van der Waals surface area contributed by atoms with Crippen molar-refractivity contribution in [1.29, 1.82) is 0 Å². The van der Waals surface area contributed by atoms with Crippen LogP contribution in [0.3, 0.4) is 0 Å². The quantitative estimate of drug-likeness (QED) is 0.778. The number of benzene rings is 2. The van der Waals surface area contributed by atoms with E-state index in [1.54, 1.807) is 13.3 Å². The lowest BCUT2D eigenvalue weighted by molar-refractivity contribution is 0.221. The lowest BCUT2D eigenvalue weighted by Gasteiger charge is -2.15. The van der Waals surface area contributed by atoms with Crippen LogP contribution in [0.2, 0.25) is 0 Å². The van der Waals surface area contributed by atoms with Gasteiger partial charge in [-0.2, -0.15) is 0 Å². The number of hydrogen-bond donors (Lipinski definition) is 1. The van der Waals surface area contributed by atoms with Crippen molar-refractivity contribution in [2.75, 3.05) is 7.11 Å². The molecule has 0 aliphatic rings. The van der Waals surface area contributed by atoms with Gasteiger partial charge in [0.25, 0.3) is 0 Å². The second kappa shape index (κ2) is 5.84. The van der Waals surface area contributed by atoms with Gasteiger partial charge >= 0.3 is 0 Å². The van der Waals surface area contributed by atoms with Crippen LogP contribution in [0.15, 0.2) is 59.2 Å². The summed E-state index contributed by atoms with van der Waals surface area (Å²) in [6, 6.07) is 15.2. The van der Waals surface area contributed by atoms with Gasteiger partial charge in [-0.3, -0.25) is 4.98 Å². The van der Waals surface area contributed by atoms with Crippen molar-refractivity contribution < 1.29 is 9.84 Å². The fourth-order valence-electron chi connectivity index (χ4n) is 2.40. The lowest BCUT2D eigenvalue weighted by Crippen LogP contribution is -2.01. The summed E-state index contributed by atoms with van der Waals surface area (Å²) in [5.74, 6) is 0.741. The van der Waals surface area contributed by atoms with E-state index in [-0.39, 0.29) is 0 Å². The topological polar surface area (TPSA) is 42.4 Å². The molecule has 2 aromatic carbocycles. The normalized spacial score (nSPS) is 12.3. The highest BCUT2D eigenvalue weighted by molar-refractivity contribution is 9.10. The molecule has 0 fully saturated rings. The predicted octanol–water partition coefficient (Wildman–Crippen LogP) is 4.09. The lowest BCUT2D eigenvalue weighted by atomic mass is 9.97. The van der Waals surface area contributed by atoms with E-state index in [4.69, 9.17) is 4.74 Å². The third kappa shape index (κ3) is 2.64. The van der Waals surface area contributed by atoms with E-state index in [1.807, 2.05) is 48.5 Å². The Morgan fingerprint density at radius 1 is 1.14 bits per heavy atom. The molecule has 21 heavy (non-hydrogen) atoms. The van der Waals surface area contributed by atoms with Crippen LogP contribution in [0.1, 0.15) is 17.2 Å². The summed E-state index contributed by atoms with van der Waals surface area (Å²) < 4.78 is 6.04. The number of halogens is 1. The highest BCUT2D eigenvalue weighted by atomic mass is 79.9. The molecule has 0 aliphatic heterocycles. The Morgan fingerprint density at radius 2 is 2.00 bits per heavy atom. The minimum Gasteiger partial charge on any atom is -0.496 e. The zero-order valence-corrected chi connectivity index (χ0v) is 13.0. The summed E-state index contributed by atoms with van der Waals surface area (Å²) >= 11 is 3.45. The summed E-state index contributed by atoms with van der Waals surface area (Å²) in [7, 11) is 1.62. The third-order valence-corrected chi connectivity index (χ3v) is 4.09. The molecule has 3 aromatic rings. The van der Waals surface area contributed by atoms with Gasteiger partial charge in [-0.25, -0.2) is 0 Å². The molecule has 1 N–H and O–H groups in total. The Kier molecular flexibility index (Phi) is 3.90. The fraction of sp³-hybridized carbons (Fsp3) is 0.118. The molecular weight excluding hydrogens is 330 g/mol. The number of rotatable bonds is 3. The highest BCUT2D eigenvalue weighted by Crippen LogP contribution is 2.32. The van der Waals surface area contributed by atoms with Crippen LogP contribution in [0.25, 0.3) is 10.9 Å². The number of nitrogens with zero attached hydrogens (tertiary/aromatic N) is 1. The molecule has 0 radical (unpaired) electrons. The van der Waals surface area contributed by atoms with Crippen LogP contribution >= 0.6 is 15.9 Å². The highest BCUT2D eigenvalue weighted by Gasteiger charge is 2.15. The SMILES string of the molecule is COc1ccc(C(O)c2cccc3ncccc23)cc1Br. The van der Waals surface area contributed by atoms with E-state index in [1.165, 1.54) is 0 Å². The number of ether oxygens (including phenoxy) is 1. The van der Waals surface area contributed by atoms with Gasteiger partial charge in [0, 0.05) is 11.6 Å². The van der Waals surface area contributed by atoms with Crippen LogP contribution in [-0.4, -0.2) is 17.2 Å². The van der Waals surface area contributed by atoms with Crippen LogP contribution in [0.4, 0.5) is 0 Å². The van der Waals surface area contributed by atoms with Crippen molar-refractivity contribution >= 4 is 26.8 Å². The number of fused-ring (bicyclic) bond motifs is 1. The molecule has 106 valence electrons. The minimum atomic E-state index is -0.708. The van der Waals surface area contributed by atoms with E-state index >= 15 is 0 Å². The van der Waals surface area contributed by atoms with Gasteiger partial charge < -0.3 is 9.84 Å². The fourth-order valence-corrected chi connectivity index (χ4v) is 2.96. The number of methoxy groups -OCH3 is 1. The molecule has 0 aliphatic carbocycles. The van der Waals surface area contributed by atoms with E-state index in [0.717, 1.165) is 32.3 Å². The Hall–Kier alpha value is -1.91. The summed E-state index contributed by atoms with van der Waals surface area (Å²) in [5.41, 5.74) is 2.53. The maximum atomic E-state index is 10.7. The Labute approximate surface area is 131 Å². The minimum absolute atomic E-state index is 0.708. The third-order valence-electron chi connectivity index (χ3n) is 3.47. The summed E-state index contributed by atoms with van der Waals surface area (Å²) in [4.78, 5) is 4.32. The molecule has 3 nitrogen and oxygen atoms in total. The molecule has 1 aromatic heterocycles. The molecule has 0 saturated heterocycles. The van der Waals surface area contributed by atoms with E-state index in [0.29, 0.717) is 0 Å². The van der Waals surface area contributed by atoms with Crippen molar-refractivity contribution in [1.82, 2.24) is 4.98 Å². The average molecular weight is 344 g/mol. The monoisotopic (exact) mass is 343 g/mol. The number of pyridine rings is 1. The van der Waals surface area contributed by atoms with Crippen molar-refractivity contribution in [3.63, 3.8) is 0 Å². The van der Waals surface area contributed by atoms with E-state index < -0.39 is 6.10 Å². The van der Waals surface area contributed by atoms with Gasteiger partial charge in [0.1, 0.15) is 11.9 Å². The van der Waals surface area contributed by atoms with Crippen LogP contribution < -0.4 is 4.74 Å². The van der Waals surface area contributed by atoms with Gasteiger partial charge in [0.05, 0.1) is 17.1 Å². The first-order chi connectivity index (χ1) is 10.2. The average Bonchev–Trinajstić information content (AvgIpc) is 2.53. The van der Waals surface area contributed by atoms with Gasteiger partial charge in [-0.1, -0.05) is 24.3 Å². The molecule has 4 heteroatoms. The number of aromatic nitrogens is 1. The van der Waals surface area contributed by atoms with Gasteiger partial charge in [-0.05, 0) is 51.3 Å². The molecule has 0 amide bonds. The molecular formula is C17H14BrNO2. The molecule has 1 heterocycles. The summed E-state index contributed by atoms with van der Waals surface area (Å²) in [5, 5.41) is 11.6. The number of aliphatic hydroxyl groups excluding tert-OH is 1.